The van der Waals surface area contributed by atoms with E-state index in [2.05, 4.69) is 10.4 Å². The van der Waals surface area contributed by atoms with E-state index in [4.69, 9.17) is 11.6 Å². The lowest BCUT2D eigenvalue weighted by atomic mass is 10.2. The van der Waals surface area contributed by atoms with Crippen LogP contribution in [-0.4, -0.2) is 20.6 Å². The quantitative estimate of drug-likeness (QED) is 0.493. The lowest BCUT2D eigenvalue weighted by Gasteiger charge is -2.08. The molecule has 1 heterocycles. The minimum absolute atomic E-state index is 0.0541. The number of nitrogens with one attached hydrogen (secondary N) is 1. The number of aromatic nitrogens is 2. The van der Waals surface area contributed by atoms with E-state index in [1.54, 1.807) is 13.1 Å². The average Bonchev–Trinajstić information content (AvgIpc) is 2.95. The van der Waals surface area contributed by atoms with Gasteiger partial charge in [-0.05, 0) is 25.1 Å². The van der Waals surface area contributed by atoms with E-state index >= 15 is 0 Å². The Balaban J connectivity index is 1.89. The van der Waals surface area contributed by atoms with Crippen molar-refractivity contribution >= 4 is 40.6 Å². The highest BCUT2D eigenvalue weighted by Crippen LogP contribution is 2.33. The number of rotatable bonds is 5. The molecule has 0 saturated carbocycles. The SMILES string of the molecule is Cc1ccc(Sc2cc(NC(=O)c3nn(C)cc3Cl)cc([N+](=O)[O-])c2)cc1. The van der Waals surface area contributed by atoms with Gasteiger partial charge >= 0.3 is 0 Å². The van der Waals surface area contributed by atoms with E-state index < -0.39 is 10.8 Å². The highest BCUT2D eigenvalue weighted by Gasteiger charge is 2.17. The van der Waals surface area contributed by atoms with E-state index in [9.17, 15) is 14.9 Å². The molecule has 0 atom stereocenters. The number of nitro groups is 1. The Morgan fingerprint density at radius 3 is 2.52 bits per heavy atom. The lowest BCUT2D eigenvalue weighted by Crippen LogP contribution is -2.13. The Hall–Kier alpha value is -2.84. The number of non-ortho nitro benzene ring substituents is 1. The number of hydrogen-bond acceptors (Lipinski definition) is 5. The van der Waals surface area contributed by atoms with Crippen molar-refractivity contribution in [3.05, 3.63) is 75.1 Å². The normalized spacial score (nSPS) is 10.6. The third-order valence-electron chi connectivity index (χ3n) is 3.62. The standard InChI is InChI=1S/C18H15ClN4O3S/c1-11-3-5-14(6-4-11)27-15-8-12(7-13(9-15)23(25)26)20-18(24)17-16(19)10-22(2)21-17/h3-10H,1-2H3,(H,20,24). The maximum Gasteiger partial charge on any atom is 0.277 e. The summed E-state index contributed by atoms with van der Waals surface area (Å²) in [7, 11) is 1.65. The Bertz CT molecular complexity index is 1020. The van der Waals surface area contributed by atoms with Crippen molar-refractivity contribution in [3.63, 3.8) is 0 Å². The molecule has 138 valence electrons. The average molecular weight is 403 g/mol. The van der Waals surface area contributed by atoms with E-state index in [1.807, 2.05) is 31.2 Å². The predicted octanol–water partition coefficient (Wildman–Crippen LogP) is 4.69. The van der Waals surface area contributed by atoms with E-state index in [0.717, 1.165) is 10.5 Å². The first-order valence-corrected chi connectivity index (χ1v) is 9.06. The third-order valence-corrected chi connectivity index (χ3v) is 4.87. The smallest absolute Gasteiger partial charge is 0.277 e. The maximum atomic E-state index is 12.4. The zero-order valence-corrected chi connectivity index (χ0v) is 16.0. The molecule has 0 fully saturated rings. The number of carbonyl (C=O) groups excluding carboxylic acids is 1. The summed E-state index contributed by atoms with van der Waals surface area (Å²) in [6.45, 7) is 1.98. The number of nitrogens with zero attached hydrogens (tertiary/aromatic N) is 3. The van der Waals surface area contributed by atoms with Crippen molar-refractivity contribution in [1.82, 2.24) is 9.78 Å². The lowest BCUT2D eigenvalue weighted by molar-refractivity contribution is -0.385. The van der Waals surface area contributed by atoms with Crippen molar-refractivity contribution in [2.45, 2.75) is 16.7 Å². The van der Waals surface area contributed by atoms with Crippen LogP contribution < -0.4 is 5.32 Å². The summed E-state index contributed by atoms with van der Waals surface area (Å²) in [5.74, 6) is -0.535. The predicted molar refractivity (Wildman–Crippen MR) is 105 cm³/mol. The number of amides is 1. The molecule has 27 heavy (non-hydrogen) atoms. The first-order valence-electron chi connectivity index (χ1n) is 7.86. The summed E-state index contributed by atoms with van der Waals surface area (Å²) in [6, 6.07) is 12.2. The molecule has 0 radical (unpaired) electrons. The first-order chi connectivity index (χ1) is 12.8. The monoisotopic (exact) mass is 402 g/mol. The highest BCUT2D eigenvalue weighted by molar-refractivity contribution is 7.99. The minimum Gasteiger partial charge on any atom is -0.320 e. The third kappa shape index (κ3) is 4.66. The molecule has 3 aromatic rings. The zero-order chi connectivity index (χ0) is 19.6. The van der Waals surface area contributed by atoms with Gasteiger partial charge in [0.2, 0.25) is 0 Å². The maximum absolute atomic E-state index is 12.4. The van der Waals surface area contributed by atoms with Crippen molar-refractivity contribution in [2.24, 2.45) is 7.05 Å². The molecule has 0 aliphatic rings. The van der Waals surface area contributed by atoms with Crippen LogP contribution in [0, 0.1) is 17.0 Å². The van der Waals surface area contributed by atoms with Gasteiger partial charge in [-0.3, -0.25) is 19.6 Å². The second-order valence-electron chi connectivity index (χ2n) is 5.84. The van der Waals surface area contributed by atoms with Crippen molar-refractivity contribution < 1.29 is 9.72 Å². The Morgan fingerprint density at radius 1 is 1.22 bits per heavy atom. The molecule has 1 amide bonds. The molecule has 1 N–H and O–H groups in total. The van der Waals surface area contributed by atoms with Gasteiger partial charge in [-0.25, -0.2) is 0 Å². The van der Waals surface area contributed by atoms with Gasteiger partial charge in [0.25, 0.3) is 11.6 Å². The summed E-state index contributed by atoms with van der Waals surface area (Å²) in [4.78, 5) is 24.7. The number of halogens is 1. The van der Waals surface area contributed by atoms with Gasteiger partial charge in [0.15, 0.2) is 5.69 Å². The molecule has 0 bridgehead atoms. The summed E-state index contributed by atoms with van der Waals surface area (Å²) >= 11 is 7.35. The van der Waals surface area contributed by atoms with E-state index in [-0.39, 0.29) is 16.4 Å². The van der Waals surface area contributed by atoms with Crippen molar-refractivity contribution in [2.75, 3.05) is 5.32 Å². The highest BCUT2D eigenvalue weighted by atomic mass is 35.5. The second-order valence-corrected chi connectivity index (χ2v) is 7.40. The van der Waals surface area contributed by atoms with Crippen LogP contribution in [0.5, 0.6) is 0 Å². The van der Waals surface area contributed by atoms with Crippen LogP contribution in [-0.2, 0) is 7.05 Å². The molecule has 7 nitrogen and oxygen atoms in total. The Morgan fingerprint density at radius 2 is 1.93 bits per heavy atom. The molecular formula is C18H15ClN4O3S. The molecule has 9 heteroatoms. The van der Waals surface area contributed by atoms with Gasteiger partial charge in [0, 0.05) is 40.9 Å². The number of aryl methyl sites for hydroxylation is 2. The Kier molecular flexibility index (Phi) is 5.48. The van der Waals surface area contributed by atoms with Gasteiger partial charge in [-0.2, -0.15) is 5.10 Å². The van der Waals surface area contributed by atoms with Crippen molar-refractivity contribution in [1.29, 1.82) is 0 Å². The number of carbonyl (C=O) groups is 1. The number of benzene rings is 2. The van der Waals surface area contributed by atoms with Crippen LogP contribution in [0.1, 0.15) is 16.1 Å². The van der Waals surface area contributed by atoms with Gasteiger partial charge in [-0.1, -0.05) is 41.1 Å². The number of hydrogen-bond donors (Lipinski definition) is 1. The number of nitro benzene ring substituents is 1. The molecular weight excluding hydrogens is 388 g/mol. The van der Waals surface area contributed by atoms with E-state index in [0.29, 0.717) is 10.6 Å². The van der Waals surface area contributed by atoms with Crippen LogP contribution in [0.3, 0.4) is 0 Å². The molecule has 1 aromatic heterocycles. The van der Waals surface area contributed by atoms with Crippen LogP contribution in [0.4, 0.5) is 11.4 Å². The molecule has 0 saturated heterocycles. The topological polar surface area (TPSA) is 90.1 Å². The first kappa shape index (κ1) is 18.9. The van der Waals surface area contributed by atoms with Crippen LogP contribution >= 0.6 is 23.4 Å². The Labute approximate surface area is 164 Å². The fourth-order valence-electron chi connectivity index (χ4n) is 2.37. The minimum atomic E-state index is -0.535. The molecule has 0 aliphatic carbocycles. The van der Waals surface area contributed by atoms with Gasteiger partial charge in [0.1, 0.15) is 0 Å². The zero-order valence-electron chi connectivity index (χ0n) is 14.5. The van der Waals surface area contributed by atoms with Gasteiger partial charge in [-0.15, -0.1) is 0 Å². The van der Waals surface area contributed by atoms with Crippen molar-refractivity contribution in [3.8, 4) is 0 Å². The fourth-order valence-corrected chi connectivity index (χ4v) is 3.54. The molecule has 0 aliphatic heterocycles. The van der Waals surface area contributed by atoms with Gasteiger partial charge < -0.3 is 5.32 Å². The summed E-state index contributed by atoms with van der Waals surface area (Å²) in [5.41, 5.74) is 1.36. The molecule has 0 spiro atoms. The molecule has 2 aromatic carbocycles. The number of anilines is 1. The van der Waals surface area contributed by atoms with Crippen LogP contribution in [0.2, 0.25) is 5.02 Å². The largest absolute Gasteiger partial charge is 0.320 e. The summed E-state index contributed by atoms with van der Waals surface area (Å²) in [6.07, 6.45) is 1.50. The fraction of sp³-hybridized carbons (Fsp3) is 0.111. The molecule has 0 unspecified atom stereocenters. The summed E-state index contributed by atoms with van der Waals surface area (Å²) in [5, 5.41) is 18.1. The molecule has 3 rings (SSSR count). The van der Waals surface area contributed by atoms with Gasteiger partial charge in [0.05, 0.1) is 9.95 Å². The summed E-state index contributed by atoms with van der Waals surface area (Å²) < 4.78 is 1.42. The van der Waals surface area contributed by atoms with Crippen LogP contribution in [0.15, 0.2) is 58.5 Å². The second kappa shape index (κ2) is 7.81. The van der Waals surface area contributed by atoms with Crippen LogP contribution in [0.25, 0.3) is 0 Å². The van der Waals surface area contributed by atoms with E-state index in [1.165, 1.54) is 34.8 Å².